The van der Waals surface area contributed by atoms with E-state index in [9.17, 15) is 0 Å². The highest BCUT2D eigenvalue weighted by atomic mass is 15.0. The van der Waals surface area contributed by atoms with E-state index in [2.05, 4.69) is 12.2 Å². The first kappa shape index (κ1) is 10.5. The minimum absolute atomic E-state index is 0.520. The van der Waals surface area contributed by atoms with Gasteiger partial charge in [-0.3, -0.25) is 0 Å². The van der Waals surface area contributed by atoms with Crippen LogP contribution in [0, 0.1) is 5.92 Å². The van der Waals surface area contributed by atoms with Gasteiger partial charge in [-0.2, -0.15) is 0 Å². The second-order valence-electron chi connectivity index (χ2n) is 5.65. The molecule has 1 N–H and O–H groups in total. The predicted octanol–water partition coefficient (Wildman–Crippen LogP) is 3.49. The summed E-state index contributed by atoms with van der Waals surface area (Å²) in [5, 5.41) is 3.79. The van der Waals surface area contributed by atoms with Crippen molar-refractivity contribution in [3.63, 3.8) is 0 Å². The molecule has 0 atom stereocenters. The molecule has 1 heteroatoms. The van der Waals surface area contributed by atoms with Crippen molar-refractivity contribution in [2.75, 3.05) is 6.54 Å². The highest BCUT2D eigenvalue weighted by Gasteiger charge is 2.31. The molecule has 0 aromatic rings. The topological polar surface area (TPSA) is 12.0 Å². The fraction of sp³-hybridized carbons (Fsp3) is 1.00. The maximum Gasteiger partial charge on any atom is 0.0153 e. The third kappa shape index (κ3) is 2.73. The summed E-state index contributed by atoms with van der Waals surface area (Å²) >= 11 is 0. The molecule has 0 aromatic carbocycles. The molecule has 0 unspecified atom stereocenters. The Morgan fingerprint density at radius 3 is 2.14 bits per heavy atom. The van der Waals surface area contributed by atoms with Crippen LogP contribution in [0.25, 0.3) is 0 Å². The molecule has 2 rings (SSSR count). The van der Waals surface area contributed by atoms with E-state index in [0.717, 1.165) is 5.92 Å². The molecule has 2 fully saturated rings. The summed E-state index contributed by atoms with van der Waals surface area (Å²) < 4.78 is 0. The van der Waals surface area contributed by atoms with Gasteiger partial charge in [0.1, 0.15) is 0 Å². The fourth-order valence-corrected chi connectivity index (χ4v) is 2.84. The van der Waals surface area contributed by atoms with Gasteiger partial charge in [0.15, 0.2) is 0 Å². The highest BCUT2D eigenvalue weighted by Crippen LogP contribution is 2.32. The largest absolute Gasteiger partial charge is 0.311 e. The second-order valence-corrected chi connectivity index (χ2v) is 5.65. The Morgan fingerprint density at radius 1 is 1.00 bits per heavy atom. The van der Waals surface area contributed by atoms with Crippen LogP contribution in [-0.2, 0) is 0 Å². The van der Waals surface area contributed by atoms with E-state index in [-0.39, 0.29) is 0 Å². The van der Waals surface area contributed by atoms with Gasteiger partial charge in [0.25, 0.3) is 0 Å². The highest BCUT2D eigenvalue weighted by molar-refractivity contribution is 4.91. The van der Waals surface area contributed by atoms with Crippen LogP contribution in [-0.4, -0.2) is 12.1 Å². The van der Waals surface area contributed by atoms with Crippen molar-refractivity contribution >= 4 is 0 Å². The third-order valence-electron chi connectivity index (χ3n) is 4.25. The van der Waals surface area contributed by atoms with Crippen molar-refractivity contribution in [3.8, 4) is 0 Å². The summed E-state index contributed by atoms with van der Waals surface area (Å²) in [6.07, 6.45) is 13.1. The van der Waals surface area contributed by atoms with Gasteiger partial charge in [0, 0.05) is 5.54 Å². The summed E-state index contributed by atoms with van der Waals surface area (Å²) in [5.41, 5.74) is 0.520. The van der Waals surface area contributed by atoms with Crippen molar-refractivity contribution < 1.29 is 0 Å². The average molecular weight is 195 g/mol. The van der Waals surface area contributed by atoms with E-state index in [1.807, 2.05) is 0 Å². The molecule has 2 aliphatic rings. The van der Waals surface area contributed by atoms with Crippen LogP contribution in [0.4, 0.5) is 0 Å². The van der Waals surface area contributed by atoms with Crippen LogP contribution in [0.3, 0.4) is 0 Å². The van der Waals surface area contributed by atoms with Crippen molar-refractivity contribution in [2.24, 2.45) is 5.92 Å². The van der Waals surface area contributed by atoms with Crippen LogP contribution < -0.4 is 5.32 Å². The lowest BCUT2D eigenvalue weighted by molar-refractivity contribution is 0.194. The molecule has 0 spiro atoms. The molecule has 1 nitrogen and oxygen atoms in total. The summed E-state index contributed by atoms with van der Waals surface area (Å²) in [5.74, 6) is 0.981. The minimum atomic E-state index is 0.520. The van der Waals surface area contributed by atoms with Gasteiger partial charge in [0.2, 0.25) is 0 Å². The molecule has 0 saturated heterocycles. The number of nitrogens with one attached hydrogen (secondary N) is 1. The number of hydrogen-bond donors (Lipinski definition) is 1. The summed E-state index contributed by atoms with van der Waals surface area (Å²) in [6, 6.07) is 0. The maximum absolute atomic E-state index is 3.79. The Bertz CT molecular complexity index is 164. The average Bonchev–Trinajstić information content (AvgIpc) is 2.40. The quantitative estimate of drug-likeness (QED) is 0.680. The zero-order valence-electron chi connectivity index (χ0n) is 9.65. The molecule has 2 aliphatic carbocycles. The molecular formula is C13H25N. The van der Waals surface area contributed by atoms with Crippen LogP contribution in [0.5, 0.6) is 0 Å². The van der Waals surface area contributed by atoms with E-state index in [1.54, 1.807) is 0 Å². The predicted molar refractivity (Wildman–Crippen MR) is 61.5 cm³/mol. The van der Waals surface area contributed by atoms with Gasteiger partial charge in [-0.1, -0.05) is 25.7 Å². The summed E-state index contributed by atoms with van der Waals surface area (Å²) in [7, 11) is 0. The first-order valence-electron chi connectivity index (χ1n) is 6.54. The molecule has 0 heterocycles. The molecule has 0 bridgehead atoms. The van der Waals surface area contributed by atoms with E-state index in [0.29, 0.717) is 5.54 Å². The Morgan fingerprint density at radius 2 is 1.64 bits per heavy atom. The van der Waals surface area contributed by atoms with E-state index >= 15 is 0 Å². The van der Waals surface area contributed by atoms with Crippen molar-refractivity contribution in [3.05, 3.63) is 0 Å². The summed E-state index contributed by atoms with van der Waals surface area (Å²) in [6.45, 7) is 3.68. The Labute approximate surface area is 88.7 Å². The SMILES string of the molecule is CC1(NCC2CCCCCC2)CCC1. The zero-order chi connectivity index (χ0) is 9.86. The number of rotatable bonds is 3. The number of hydrogen-bond acceptors (Lipinski definition) is 1. The van der Waals surface area contributed by atoms with Gasteiger partial charge in [-0.25, -0.2) is 0 Å². The first-order valence-corrected chi connectivity index (χ1v) is 6.54. The molecule has 82 valence electrons. The fourth-order valence-electron chi connectivity index (χ4n) is 2.84. The zero-order valence-corrected chi connectivity index (χ0v) is 9.65. The second kappa shape index (κ2) is 4.65. The van der Waals surface area contributed by atoms with Gasteiger partial charge < -0.3 is 5.32 Å². The van der Waals surface area contributed by atoms with Gasteiger partial charge >= 0.3 is 0 Å². The minimum Gasteiger partial charge on any atom is -0.311 e. The first-order chi connectivity index (χ1) is 6.79. The maximum atomic E-state index is 3.79. The van der Waals surface area contributed by atoms with Crippen LogP contribution in [0.15, 0.2) is 0 Å². The summed E-state index contributed by atoms with van der Waals surface area (Å²) in [4.78, 5) is 0. The third-order valence-corrected chi connectivity index (χ3v) is 4.25. The molecule has 0 radical (unpaired) electrons. The lowest BCUT2D eigenvalue weighted by Gasteiger charge is -2.40. The molecule has 14 heavy (non-hydrogen) atoms. The molecule has 0 aromatic heterocycles. The van der Waals surface area contributed by atoms with Gasteiger partial charge in [-0.05, 0) is 51.5 Å². The molecule has 2 saturated carbocycles. The molecule has 0 aliphatic heterocycles. The van der Waals surface area contributed by atoms with E-state index in [1.165, 1.54) is 64.3 Å². The Balaban J connectivity index is 1.68. The van der Waals surface area contributed by atoms with Crippen molar-refractivity contribution in [2.45, 2.75) is 70.3 Å². The smallest absolute Gasteiger partial charge is 0.0153 e. The molecular weight excluding hydrogens is 170 g/mol. The van der Waals surface area contributed by atoms with Crippen LogP contribution >= 0.6 is 0 Å². The standard InChI is InChI=1S/C13H25N/c1-13(9-6-10-13)14-11-12-7-4-2-3-5-8-12/h12,14H,2-11H2,1H3. The van der Waals surface area contributed by atoms with E-state index in [4.69, 9.17) is 0 Å². The Kier molecular flexibility index (Phi) is 3.48. The Hall–Kier alpha value is -0.0400. The van der Waals surface area contributed by atoms with E-state index < -0.39 is 0 Å². The van der Waals surface area contributed by atoms with Crippen molar-refractivity contribution in [1.29, 1.82) is 0 Å². The van der Waals surface area contributed by atoms with Gasteiger partial charge in [0.05, 0.1) is 0 Å². The normalized spacial score (nSPS) is 28.1. The molecule has 0 amide bonds. The van der Waals surface area contributed by atoms with Crippen molar-refractivity contribution in [1.82, 2.24) is 5.32 Å². The van der Waals surface area contributed by atoms with Crippen LogP contribution in [0.2, 0.25) is 0 Å². The lowest BCUT2D eigenvalue weighted by atomic mass is 9.78. The van der Waals surface area contributed by atoms with Gasteiger partial charge in [-0.15, -0.1) is 0 Å². The lowest BCUT2D eigenvalue weighted by Crippen LogP contribution is -2.49. The monoisotopic (exact) mass is 195 g/mol. The van der Waals surface area contributed by atoms with Crippen LogP contribution in [0.1, 0.15) is 64.7 Å².